The molecule has 1 N–H and O–H groups in total. The van der Waals surface area contributed by atoms with Crippen LogP contribution in [0.5, 0.6) is 0 Å². The molecule has 0 spiro atoms. The van der Waals surface area contributed by atoms with Crippen molar-refractivity contribution in [3.8, 4) is 0 Å². The lowest BCUT2D eigenvalue weighted by Gasteiger charge is -2.29. The lowest BCUT2D eigenvalue weighted by molar-refractivity contribution is -0.124. The number of carbonyl (C=O) groups is 2. The van der Waals surface area contributed by atoms with Gasteiger partial charge in [0.2, 0.25) is 0 Å². The molecule has 0 saturated heterocycles. The summed E-state index contributed by atoms with van der Waals surface area (Å²) >= 11 is 0. The zero-order valence-corrected chi connectivity index (χ0v) is 13.3. The number of rotatable bonds is 1. The average Bonchev–Trinajstić information content (AvgIpc) is 2.37. The Bertz CT molecular complexity index is 613. The highest BCUT2D eigenvalue weighted by molar-refractivity contribution is 6.12. The molecule has 0 fully saturated rings. The number of allylic oxidation sites excluding steroid dienone is 3. The number of carbonyl (C=O) groups excluding carboxylic acids is 2. The third-order valence-electron chi connectivity index (χ3n) is 3.80. The fourth-order valence-corrected chi connectivity index (χ4v) is 2.45. The van der Waals surface area contributed by atoms with Gasteiger partial charge in [0.1, 0.15) is 0 Å². The molecule has 1 heterocycles. The number of hydrogen-bond donors (Lipinski definition) is 1. The van der Waals surface area contributed by atoms with Gasteiger partial charge in [-0.25, -0.2) is 4.99 Å². The first kappa shape index (κ1) is 15.4. The van der Waals surface area contributed by atoms with Crippen molar-refractivity contribution in [1.82, 2.24) is 5.32 Å². The molecule has 1 unspecified atom stereocenters. The predicted molar refractivity (Wildman–Crippen MR) is 83.7 cm³/mol. The van der Waals surface area contributed by atoms with E-state index in [1.807, 2.05) is 46.8 Å². The minimum absolute atomic E-state index is 0.0469. The van der Waals surface area contributed by atoms with Gasteiger partial charge in [-0.2, -0.15) is 0 Å². The van der Waals surface area contributed by atoms with Gasteiger partial charge in [-0.15, -0.1) is 0 Å². The van der Waals surface area contributed by atoms with Crippen LogP contribution in [0.3, 0.4) is 0 Å². The molecule has 0 saturated carbocycles. The molecule has 2 amide bonds. The lowest BCUT2D eigenvalue weighted by Crippen LogP contribution is -2.36. The molecule has 0 bridgehead atoms. The van der Waals surface area contributed by atoms with Gasteiger partial charge in [0.15, 0.2) is 0 Å². The molecule has 21 heavy (non-hydrogen) atoms. The highest BCUT2D eigenvalue weighted by atomic mass is 16.2. The van der Waals surface area contributed by atoms with Crippen molar-refractivity contribution in [2.75, 3.05) is 0 Å². The minimum Gasteiger partial charge on any atom is -0.325 e. The molecular weight excluding hydrogens is 264 g/mol. The van der Waals surface area contributed by atoms with Crippen molar-refractivity contribution < 1.29 is 9.59 Å². The Morgan fingerprint density at radius 3 is 2.62 bits per heavy atom. The van der Waals surface area contributed by atoms with Crippen molar-refractivity contribution in [2.24, 2.45) is 16.3 Å². The first-order valence-corrected chi connectivity index (χ1v) is 7.28. The smallest absolute Gasteiger partial charge is 0.251 e. The van der Waals surface area contributed by atoms with Gasteiger partial charge in [-0.1, -0.05) is 39.3 Å². The van der Waals surface area contributed by atoms with Crippen LogP contribution in [0.25, 0.3) is 0 Å². The van der Waals surface area contributed by atoms with E-state index >= 15 is 0 Å². The number of nitrogens with zero attached hydrogens (tertiary/aromatic N) is 1. The maximum atomic E-state index is 12.0. The Labute approximate surface area is 125 Å². The SMILES string of the molecule is CCC1=C(C)C2C=CC(=NC(=O)C(C)(C)C)C=C2NC1=O. The van der Waals surface area contributed by atoms with Gasteiger partial charge in [0.05, 0.1) is 5.71 Å². The topological polar surface area (TPSA) is 58.5 Å². The summed E-state index contributed by atoms with van der Waals surface area (Å²) in [5.41, 5.74) is 2.81. The maximum absolute atomic E-state index is 12.0. The summed E-state index contributed by atoms with van der Waals surface area (Å²) in [5, 5.41) is 2.91. The van der Waals surface area contributed by atoms with E-state index in [0.717, 1.165) is 23.3 Å². The standard InChI is InChI=1S/C17H22N2O2/c1-6-12-10(2)13-8-7-11(9-14(13)19-15(12)20)18-16(21)17(3,4)5/h7-9,13H,6H2,1-5H3,(H,19,20). The van der Waals surface area contributed by atoms with E-state index in [4.69, 9.17) is 0 Å². The highest BCUT2D eigenvalue weighted by Gasteiger charge is 2.29. The van der Waals surface area contributed by atoms with Gasteiger partial charge in [0, 0.05) is 22.6 Å². The quantitative estimate of drug-likeness (QED) is 0.805. The molecule has 2 rings (SSSR count). The molecule has 2 aliphatic rings. The summed E-state index contributed by atoms with van der Waals surface area (Å²) in [6.45, 7) is 9.48. The summed E-state index contributed by atoms with van der Waals surface area (Å²) < 4.78 is 0. The first-order chi connectivity index (χ1) is 9.74. The van der Waals surface area contributed by atoms with Crippen molar-refractivity contribution in [3.05, 3.63) is 35.1 Å². The largest absolute Gasteiger partial charge is 0.325 e. The van der Waals surface area contributed by atoms with Crippen LogP contribution in [-0.4, -0.2) is 17.5 Å². The summed E-state index contributed by atoms with van der Waals surface area (Å²) in [6.07, 6.45) is 6.36. The van der Waals surface area contributed by atoms with Crippen LogP contribution in [0.15, 0.2) is 40.1 Å². The molecule has 0 aromatic rings. The Morgan fingerprint density at radius 2 is 2.05 bits per heavy atom. The Hall–Kier alpha value is -1.97. The number of hydrogen-bond acceptors (Lipinski definition) is 2. The summed E-state index contributed by atoms with van der Waals surface area (Å²) in [7, 11) is 0. The monoisotopic (exact) mass is 286 g/mol. The third-order valence-corrected chi connectivity index (χ3v) is 3.80. The van der Waals surface area contributed by atoms with Crippen LogP contribution in [0, 0.1) is 11.3 Å². The molecule has 0 aromatic heterocycles. The lowest BCUT2D eigenvalue weighted by atomic mass is 9.84. The number of amides is 2. The summed E-state index contributed by atoms with van der Waals surface area (Å²) in [6, 6.07) is 0. The first-order valence-electron chi connectivity index (χ1n) is 7.28. The van der Waals surface area contributed by atoms with Crippen LogP contribution >= 0.6 is 0 Å². The molecule has 1 aliphatic heterocycles. The number of nitrogens with one attached hydrogen (secondary N) is 1. The van der Waals surface area contributed by atoms with E-state index in [9.17, 15) is 9.59 Å². The van der Waals surface area contributed by atoms with E-state index in [-0.39, 0.29) is 17.7 Å². The Morgan fingerprint density at radius 1 is 1.38 bits per heavy atom. The zero-order chi connectivity index (χ0) is 15.8. The van der Waals surface area contributed by atoms with E-state index in [1.54, 1.807) is 6.08 Å². The summed E-state index contributed by atoms with van der Waals surface area (Å²) in [5.74, 6) is -0.128. The van der Waals surface area contributed by atoms with Crippen molar-refractivity contribution in [2.45, 2.75) is 41.0 Å². The van der Waals surface area contributed by atoms with Crippen molar-refractivity contribution >= 4 is 17.5 Å². The van der Waals surface area contributed by atoms with Crippen LogP contribution < -0.4 is 5.32 Å². The van der Waals surface area contributed by atoms with Crippen LogP contribution in [0.1, 0.15) is 41.0 Å². The molecule has 4 nitrogen and oxygen atoms in total. The average molecular weight is 286 g/mol. The van der Waals surface area contributed by atoms with E-state index in [2.05, 4.69) is 10.3 Å². The Balaban J connectivity index is 2.34. The second-order valence-corrected chi connectivity index (χ2v) is 6.50. The van der Waals surface area contributed by atoms with Gasteiger partial charge in [-0.3, -0.25) is 9.59 Å². The highest BCUT2D eigenvalue weighted by Crippen LogP contribution is 2.31. The second-order valence-electron chi connectivity index (χ2n) is 6.50. The third kappa shape index (κ3) is 3.04. The maximum Gasteiger partial charge on any atom is 0.251 e. The van der Waals surface area contributed by atoms with E-state index in [0.29, 0.717) is 5.71 Å². The summed E-state index contributed by atoms with van der Waals surface area (Å²) in [4.78, 5) is 28.1. The zero-order valence-electron chi connectivity index (χ0n) is 13.3. The molecule has 0 radical (unpaired) electrons. The predicted octanol–water partition coefficient (Wildman–Crippen LogP) is 2.93. The number of fused-ring (bicyclic) bond motifs is 1. The van der Waals surface area contributed by atoms with Crippen LogP contribution in [0.2, 0.25) is 0 Å². The molecule has 4 heteroatoms. The number of aliphatic imine (C=N–C) groups is 1. The Kier molecular flexibility index (Phi) is 3.99. The van der Waals surface area contributed by atoms with Crippen molar-refractivity contribution in [3.63, 3.8) is 0 Å². The van der Waals surface area contributed by atoms with Gasteiger partial charge >= 0.3 is 0 Å². The van der Waals surface area contributed by atoms with Crippen LogP contribution in [-0.2, 0) is 9.59 Å². The van der Waals surface area contributed by atoms with Gasteiger partial charge < -0.3 is 5.32 Å². The van der Waals surface area contributed by atoms with E-state index in [1.165, 1.54) is 0 Å². The van der Waals surface area contributed by atoms with E-state index < -0.39 is 5.41 Å². The minimum atomic E-state index is -0.503. The fraction of sp³-hybridized carbons (Fsp3) is 0.471. The molecular formula is C17H22N2O2. The molecule has 1 atom stereocenters. The molecule has 112 valence electrons. The van der Waals surface area contributed by atoms with Crippen LogP contribution in [0.4, 0.5) is 0 Å². The normalized spacial score (nSPS) is 23.9. The molecule has 1 aliphatic carbocycles. The van der Waals surface area contributed by atoms with Gasteiger partial charge in [0.25, 0.3) is 11.8 Å². The fourth-order valence-electron chi connectivity index (χ4n) is 2.45. The second kappa shape index (κ2) is 5.43. The van der Waals surface area contributed by atoms with Gasteiger partial charge in [-0.05, 0) is 25.5 Å². The molecule has 0 aromatic carbocycles. The van der Waals surface area contributed by atoms with Crippen molar-refractivity contribution in [1.29, 1.82) is 0 Å².